The van der Waals surface area contributed by atoms with E-state index >= 15 is 0 Å². The van der Waals surface area contributed by atoms with Crippen LogP contribution in [0.15, 0.2) is 210 Å². The van der Waals surface area contributed by atoms with Gasteiger partial charge in [0.1, 0.15) is 17.5 Å². The van der Waals surface area contributed by atoms with Crippen molar-refractivity contribution in [1.29, 1.82) is 0 Å². The number of imidazole rings is 3. The molecule has 3 heterocycles. The van der Waals surface area contributed by atoms with Crippen LogP contribution in [0.3, 0.4) is 0 Å². The van der Waals surface area contributed by atoms with E-state index in [0.29, 0.717) is 46.0 Å². The van der Waals surface area contributed by atoms with Gasteiger partial charge in [-0.2, -0.15) is 0 Å². The maximum atomic E-state index is 12.2. The minimum atomic E-state index is -3.80. The summed E-state index contributed by atoms with van der Waals surface area (Å²) in [4.78, 5) is 25.4. The van der Waals surface area contributed by atoms with Crippen LogP contribution in [-0.2, 0) is 25.5 Å². The summed E-state index contributed by atoms with van der Waals surface area (Å²) in [6.07, 6.45) is 4.59. The number of nitrogens with two attached hydrogens (primary N) is 1. The molecule has 12 aromatic rings. The summed E-state index contributed by atoms with van der Waals surface area (Å²) in [5, 5.41) is 16.0. The average molecular weight is 1190 g/mol. The second kappa shape index (κ2) is 22.5. The number of sulfonamides is 1. The molecule has 3 aromatic heterocycles. The number of aliphatic hydroxyl groups is 1. The van der Waals surface area contributed by atoms with Crippen molar-refractivity contribution < 1.29 is 21.9 Å². The van der Waals surface area contributed by atoms with Crippen molar-refractivity contribution in [2.45, 2.75) is 105 Å². The van der Waals surface area contributed by atoms with E-state index in [4.69, 9.17) is 20.1 Å². The maximum absolute atomic E-state index is 12.2. The molecule has 0 radical (unpaired) electrons. The molecular formula is C73H69N7O5S2. The molecule has 12 nitrogen and oxygen atoms in total. The number of fused-ring (bicyclic) bond motifs is 3. The Labute approximate surface area is 508 Å². The molecule has 6 N–H and O–H groups in total. The van der Waals surface area contributed by atoms with Gasteiger partial charge >= 0.3 is 0 Å². The Morgan fingerprint density at radius 1 is 0.425 bits per heavy atom. The first-order valence-electron chi connectivity index (χ1n) is 29.6. The third-order valence-corrected chi connectivity index (χ3v) is 19.6. The summed E-state index contributed by atoms with van der Waals surface area (Å²) >= 11 is 0. The second-order valence-corrected chi connectivity index (χ2v) is 28.1. The molecule has 6 atom stereocenters. The van der Waals surface area contributed by atoms with E-state index in [1.165, 1.54) is 45.7 Å². The summed E-state index contributed by atoms with van der Waals surface area (Å²) in [5.41, 5.74) is 18.8. The van der Waals surface area contributed by atoms with Gasteiger partial charge in [0.2, 0.25) is 10.0 Å². The average Bonchev–Trinajstić information content (AvgIpc) is 1.78. The standard InChI is InChI=1S/C26H26N2O.C24H22N2O2S.C23H21N3O2S/c1-16-8-10-17(11-9-16)20-15-21(20)25-27-23-13-12-18(14-24(23)28-25)19-6-4-5-7-22(19)26(2,3)29;1-15-7-9-16(10-8-15)19-14-20(19)24-25-21-12-11-17(13-22(21)26-24)18-5-3-4-6-23(18)29(2,27)28;1-14-6-8-15(9-7-14)18-13-19(18)23-25-20-11-10-16(12-21(20)26-23)17-4-2-3-5-22(17)29(24,27)28/h4-14,20-21,29H,15H2,1-3H3,(H,27,28);3-13,19-20H,14H2,1-2H3,(H,25,26);2-12,18-19H,13H2,1H3,(H,25,26)(H2,24,27,28)/t20-,21+;;18-,19+/m0.0/s1. The van der Waals surface area contributed by atoms with Crippen LogP contribution in [0.25, 0.3) is 66.5 Å². The second-order valence-electron chi connectivity index (χ2n) is 24.6. The number of benzene rings is 9. The molecule has 0 saturated heterocycles. The minimum absolute atomic E-state index is 0.126. The van der Waals surface area contributed by atoms with Crippen LogP contribution in [0.5, 0.6) is 0 Å². The first-order chi connectivity index (χ1) is 41.7. The molecule has 3 aliphatic rings. The van der Waals surface area contributed by atoms with Crippen molar-refractivity contribution in [3.63, 3.8) is 0 Å². The van der Waals surface area contributed by atoms with E-state index < -0.39 is 25.5 Å². The van der Waals surface area contributed by atoms with E-state index in [0.717, 1.165) is 103 Å². The van der Waals surface area contributed by atoms with Crippen LogP contribution in [0.1, 0.15) is 125 Å². The fourth-order valence-corrected chi connectivity index (χ4v) is 14.1. The fourth-order valence-electron chi connectivity index (χ4n) is 12.4. The molecule has 2 unspecified atom stereocenters. The summed E-state index contributed by atoms with van der Waals surface area (Å²) in [5.74, 6) is 5.94. The third-order valence-electron chi connectivity index (χ3n) is 17.4. The van der Waals surface area contributed by atoms with Crippen molar-refractivity contribution in [2.24, 2.45) is 5.14 Å². The molecule has 3 aliphatic carbocycles. The number of rotatable bonds is 12. The zero-order valence-electron chi connectivity index (χ0n) is 49.5. The van der Waals surface area contributed by atoms with E-state index in [9.17, 15) is 21.9 Å². The molecule has 3 fully saturated rings. The number of sulfone groups is 1. The van der Waals surface area contributed by atoms with Gasteiger partial charge in [-0.25, -0.2) is 36.9 Å². The number of H-pyrrole nitrogens is 3. The summed E-state index contributed by atoms with van der Waals surface area (Å²) < 4.78 is 48.2. The monoisotopic (exact) mass is 1190 g/mol. The molecule has 0 amide bonds. The number of hydrogen-bond acceptors (Lipinski definition) is 8. The van der Waals surface area contributed by atoms with Crippen molar-refractivity contribution in [2.75, 3.05) is 6.26 Å². The largest absolute Gasteiger partial charge is 0.386 e. The van der Waals surface area contributed by atoms with E-state index in [-0.39, 0.29) is 4.90 Å². The Hall–Kier alpha value is -8.79. The molecule has 438 valence electrons. The lowest BCUT2D eigenvalue weighted by Crippen LogP contribution is -2.16. The molecule has 15 rings (SSSR count). The van der Waals surface area contributed by atoms with E-state index in [1.54, 1.807) is 24.3 Å². The minimum Gasteiger partial charge on any atom is -0.386 e. The highest BCUT2D eigenvalue weighted by atomic mass is 32.2. The van der Waals surface area contributed by atoms with Gasteiger partial charge in [0.05, 0.1) is 48.5 Å². The Balaban J connectivity index is 0.000000121. The Morgan fingerprint density at radius 2 is 0.747 bits per heavy atom. The first-order valence-corrected chi connectivity index (χ1v) is 33.1. The molecule has 0 aliphatic heterocycles. The zero-order chi connectivity index (χ0) is 60.5. The van der Waals surface area contributed by atoms with Crippen LogP contribution in [-0.4, -0.2) is 58.1 Å². The topological polar surface area (TPSA) is 201 Å². The number of hydrogen-bond donors (Lipinski definition) is 5. The Bertz CT molecular complexity index is 4580. The van der Waals surface area contributed by atoms with Gasteiger partial charge in [-0.1, -0.05) is 168 Å². The maximum Gasteiger partial charge on any atom is 0.238 e. The summed E-state index contributed by atoms with van der Waals surface area (Å²) in [6.45, 7) is 9.99. The molecule has 0 bridgehead atoms. The summed E-state index contributed by atoms with van der Waals surface area (Å²) in [7, 11) is -7.10. The number of aryl methyl sites for hydroxylation is 3. The lowest BCUT2D eigenvalue weighted by molar-refractivity contribution is 0.0792. The van der Waals surface area contributed by atoms with Crippen LogP contribution in [0, 0.1) is 20.8 Å². The van der Waals surface area contributed by atoms with Crippen LogP contribution >= 0.6 is 0 Å². The highest BCUT2D eigenvalue weighted by Gasteiger charge is 2.43. The van der Waals surface area contributed by atoms with Gasteiger partial charge in [0, 0.05) is 35.1 Å². The predicted octanol–water partition coefficient (Wildman–Crippen LogP) is 15.7. The van der Waals surface area contributed by atoms with Crippen LogP contribution < -0.4 is 5.14 Å². The first kappa shape index (κ1) is 57.3. The van der Waals surface area contributed by atoms with Crippen molar-refractivity contribution in [3.05, 3.63) is 257 Å². The molecule has 14 heteroatoms. The quantitative estimate of drug-likeness (QED) is 0.0795. The highest BCUT2D eigenvalue weighted by molar-refractivity contribution is 7.90. The van der Waals surface area contributed by atoms with Gasteiger partial charge in [-0.05, 0) is 165 Å². The van der Waals surface area contributed by atoms with Crippen LogP contribution in [0.4, 0.5) is 0 Å². The molecule has 0 spiro atoms. The predicted molar refractivity (Wildman–Crippen MR) is 348 cm³/mol. The van der Waals surface area contributed by atoms with Crippen LogP contribution in [0.2, 0.25) is 0 Å². The van der Waals surface area contributed by atoms with Gasteiger partial charge in [-0.3, -0.25) is 0 Å². The van der Waals surface area contributed by atoms with Crippen molar-refractivity contribution in [1.82, 2.24) is 29.9 Å². The Kier molecular flexibility index (Phi) is 14.8. The van der Waals surface area contributed by atoms with Crippen molar-refractivity contribution >= 4 is 53.0 Å². The fraction of sp³-hybridized carbons (Fsp3) is 0.219. The van der Waals surface area contributed by atoms with Crippen molar-refractivity contribution in [3.8, 4) is 33.4 Å². The zero-order valence-corrected chi connectivity index (χ0v) is 51.1. The highest BCUT2D eigenvalue weighted by Crippen LogP contribution is 2.56. The number of aromatic nitrogens is 6. The van der Waals surface area contributed by atoms with Gasteiger partial charge in [0.25, 0.3) is 0 Å². The van der Waals surface area contributed by atoms with Gasteiger partial charge in [-0.15, -0.1) is 0 Å². The van der Waals surface area contributed by atoms with Gasteiger partial charge < -0.3 is 20.1 Å². The third kappa shape index (κ3) is 12.2. The van der Waals surface area contributed by atoms with E-state index in [1.807, 2.05) is 86.6 Å². The molecular weight excluding hydrogens is 1120 g/mol. The molecule has 3 saturated carbocycles. The van der Waals surface area contributed by atoms with E-state index in [2.05, 4.69) is 133 Å². The Morgan fingerprint density at radius 3 is 1.10 bits per heavy atom. The number of nitrogens with one attached hydrogen (secondary N) is 3. The summed E-state index contributed by atoms with van der Waals surface area (Å²) in [6, 6.07) is 66.3. The SMILES string of the molecule is Cc1ccc(C2CC2c2nc3ccc(-c4ccccc4S(C)(=O)=O)cc3[nH]2)cc1.Cc1ccc([C@@H]2C[C@H]2c2nc3ccc(-c4ccccc4C(C)(C)O)cc3[nH]2)cc1.Cc1ccc([C@@H]2C[C@H]2c2nc3ccc(-c4ccccc4S(N)(=O)=O)cc3[nH]2)cc1. The smallest absolute Gasteiger partial charge is 0.238 e. The normalized spacial score (nSPS) is 18.9. The van der Waals surface area contributed by atoms with Gasteiger partial charge in [0.15, 0.2) is 9.84 Å². The lowest BCUT2D eigenvalue weighted by atomic mass is 9.89. The molecule has 87 heavy (non-hydrogen) atoms. The molecule has 9 aromatic carbocycles. The number of aromatic amines is 3. The number of nitrogens with zero attached hydrogens (tertiary/aromatic N) is 3. The lowest BCUT2D eigenvalue weighted by Gasteiger charge is -2.21. The number of primary sulfonamides is 1.